The van der Waals surface area contributed by atoms with Crippen LogP contribution in [-0.2, 0) is 0 Å². The Bertz CT molecular complexity index is 1860. The van der Waals surface area contributed by atoms with Crippen molar-refractivity contribution in [3.63, 3.8) is 0 Å². The summed E-state index contributed by atoms with van der Waals surface area (Å²) >= 11 is 19.6. The molecule has 4 heterocycles. The van der Waals surface area contributed by atoms with Crippen LogP contribution in [0, 0.1) is 0 Å². The minimum Gasteiger partial charge on any atom is -0.370 e. The molecule has 6 rings (SSSR count). The maximum absolute atomic E-state index is 6.32. The van der Waals surface area contributed by atoms with Crippen molar-refractivity contribution in [1.29, 1.82) is 0 Å². The molecule has 0 aliphatic rings. The van der Waals surface area contributed by atoms with Crippen LogP contribution in [0.3, 0.4) is 0 Å². The number of anilines is 2. The molecule has 13 heteroatoms. The van der Waals surface area contributed by atoms with Crippen LogP contribution in [0.5, 0.6) is 0 Å². The highest BCUT2D eigenvalue weighted by molar-refractivity contribution is 9.11. The molecule has 0 aliphatic carbocycles. The van der Waals surface area contributed by atoms with Crippen molar-refractivity contribution in [2.24, 2.45) is 0 Å². The average Bonchev–Trinajstić information content (AvgIpc) is 3.58. The number of hydrogen-bond donors (Lipinski definition) is 3. The van der Waals surface area contributed by atoms with E-state index in [-0.39, 0.29) is 0 Å². The normalized spacial score (nSPS) is 11.0. The molecule has 6 aromatic rings. The van der Waals surface area contributed by atoms with Crippen LogP contribution in [0.15, 0.2) is 82.0 Å². The zero-order valence-electron chi connectivity index (χ0n) is 23.5. The summed E-state index contributed by atoms with van der Waals surface area (Å²) in [5, 5.41) is 19.9. The summed E-state index contributed by atoms with van der Waals surface area (Å²) in [4.78, 5) is 9.33. The summed E-state index contributed by atoms with van der Waals surface area (Å²) in [6.07, 6.45) is 4.50. The van der Waals surface area contributed by atoms with Gasteiger partial charge in [0.25, 0.3) is 0 Å². The number of benzene rings is 2. The quantitative estimate of drug-likeness (QED) is 0.129. The van der Waals surface area contributed by atoms with E-state index in [1.54, 1.807) is 21.4 Å². The van der Waals surface area contributed by atoms with Gasteiger partial charge in [0, 0.05) is 46.4 Å². The van der Waals surface area contributed by atoms with Crippen LogP contribution in [0.25, 0.3) is 33.8 Å². The Kier molecular flexibility index (Phi) is 10.5. The van der Waals surface area contributed by atoms with Gasteiger partial charge >= 0.3 is 0 Å². The predicted octanol–water partition coefficient (Wildman–Crippen LogP) is 8.08. The fraction of sp³-hybridized carbons (Fsp3) is 0.200. The van der Waals surface area contributed by atoms with Crippen molar-refractivity contribution in [3.8, 4) is 22.5 Å². The van der Waals surface area contributed by atoms with Crippen LogP contribution in [-0.4, -0.2) is 55.9 Å². The lowest BCUT2D eigenvalue weighted by molar-refractivity contribution is 0.744. The first kappa shape index (κ1) is 31.2. The summed E-state index contributed by atoms with van der Waals surface area (Å²) in [6.45, 7) is 4.65. The highest BCUT2D eigenvalue weighted by Gasteiger charge is 2.14. The molecule has 43 heavy (non-hydrogen) atoms. The van der Waals surface area contributed by atoms with Gasteiger partial charge in [-0.25, -0.2) is 9.97 Å². The second-order valence-electron chi connectivity index (χ2n) is 9.38. The van der Waals surface area contributed by atoms with E-state index in [1.165, 1.54) is 0 Å². The fourth-order valence-electron chi connectivity index (χ4n) is 4.40. The van der Waals surface area contributed by atoms with Gasteiger partial charge in [-0.3, -0.25) is 0 Å². The maximum atomic E-state index is 6.32. The summed E-state index contributed by atoms with van der Waals surface area (Å²) < 4.78 is 5.27. The molecule has 0 saturated heterocycles. The Labute approximate surface area is 276 Å². The zero-order chi connectivity index (χ0) is 30.3. The molecule has 4 aromatic heterocycles. The molecular weight excluding hydrogens is 717 g/mol. The van der Waals surface area contributed by atoms with Gasteiger partial charge < -0.3 is 16.0 Å². The van der Waals surface area contributed by atoms with Crippen molar-refractivity contribution in [3.05, 3.63) is 92.0 Å². The summed E-state index contributed by atoms with van der Waals surface area (Å²) in [7, 11) is 1.95. The summed E-state index contributed by atoms with van der Waals surface area (Å²) in [6, 6.07) is 19.3. The van der Waals surface area contributed by atoms with E-state index in [1.807, 2.05) is 74.6 Å². The Morgan fingerprint density at radius 3 is 1.67 bits per heavy atom. The number of nitrogens with one attached hydrogen (secondary N) is 3. The molecule has 0 unspecified atom stereocenters. The van der Waals surface area contributed by atoms with E-state index < -0.39 is 0 Å². The first-order valence-corrected chi connectivity index (χ1v) is 16.0. The van der Waals surface area contributed by atoms with Crippen molar-refractivity contribution in [2.45, 2.75) is 13.3 Å². The third-order valence-electron chi connectivity index (χ3n) is 6.42. The molecule has 2 aromatic carbocycles. The van der Waals surface area contributed by atoms with Crippen LogP contribution in [0.2, 0.25) is 10.0 Å². The summed E-state index contributed by atoms with van der Waals surface area (Å²) in [5.41, 5.74) is 4.98. The average molecular weight is 746 g/mol. The number of hydrogen-bond acceptors (Lipinski definition) is 7. The van der Waals surface area contributed by atoms with Crippen LogP contribution in [0.1, 0.15) is 13.3 Å². The van der Waals surface area contributed by atoms with E-state index in [2.05, 4.69) is 68.0 Å². The number of fused-ring (bicyclic) bond motifs is 2. The van der Waals surface area contributed by atoms with Crippen LogP contribution < -0.4 is 16.0 Å². The van der Waals surface area contributed by atoms with E-state index in [0.29, 0.717) is 10.0 Å². The number of rotatable bonds is 9. The lowest BCUT2D eigenvalue weighted by Crippen LogP contribution is -2.14. The van der Waals surface area contributed by atoms with Crippen LogP contribution >= 0.6 is 55.1 Å². The van der Waals surface area contributed by atoms with Crippen molar-refractivity contribution >= 4 is 78.0 Å². The molecule has 222 valence electrons. The molecule has 0 spiro atoms. The number of halogens is 4. The largest absolute Gasteiger partial charge is 0.370 e. The van der Waals surface area contributed by atoms with Crippen molar-refractivity contribution in [1.82, 2.24) is 34.5 Å². The van der Waals surface area contributed by atoms with Gasteiger partial charge in [-0.2, -0.15) is 19.2 Å². The van der Waals surface area contributed by atoms with Gasteiger partial charge in [0.05, 0.1) is 32.7 Å². The van der Waals surface area contributed by atoms with Gasteiger partial charge in [-0.1, -0.05) is 59.6 Å². The van der Waals surface area contributed by atoms with Crippen molar-refractivity contribution in [2.75, 3.05) is 37.3 Å². The molecule has 9 nitrogen and oxygen atoms in total. The van der Waals surface area contributed by atoms with E-state index >= 15 is 0 Å². The first-order chi connectivity index (χ1) is 20.9. The predicted molar refractivity (Wildman–Crippen MR) is 183 cm³/mol. The van der Waals surface area contributed by atoms with Gasteiger partial charge in [0.2, 0.25) is 0 Å². The zero-order valence-corrected chi connectivity index (χ0v) is 28.1. The SMILES string of the molecule is CCNc1cc(-c2ccccc2Cl)nc2c(Br)cnn12.CNCCCNc1cc(-c2ccccc2Cl)nc2c(Br)cnn12. The second kappa shape index (κ2) is 14.5. The molecular formula is C30H29Br2Cl2N9. The lowest BCUT2D eigenvalue weighted by Gasteiger charge is -2.11. The van der Waals surface area contributed by atoms with E-state index in [9.17, 15) is 0 Å². The third-order valence-corrected chi connectivity index (χ3v) is 8.20. The molecule has 3 N–H and O–H groups in total. The Morgan fingerprint density at radius 2 is 1.21 bits per heavy atom. The van der Waals surface area contributed by atoms with Crippen LogP contribution in [0.4, 0.5) is 11.6 Å². The molecule has 0 aliphatic heterocycles. The molecule has 0 bridgehead atoms. The van der Waals surface area contributed by atoms with Crippen molar-refractivity contribution < 1.29 is 0 Å². The van der Waals surface area contributed by atoms with Gasteiger partial charge in [0.1, 0.15) is 11.6 Å². The molecule has 0 saturated carbocycles. The smallest absolute Gasteiger partial charge is 0.172 e. The Balaban J connectivity index is 0.000000173. The molecule has 0 atom stereocenters. The molecule has 0 fully saturated rings. The maximum Gasteiger partial charge on any atom is 0.172 e. The third kappa shape index (κ3) is 7.13. The second-order valence-corrected chi connectivity index (χ2v) is 11.9. The van der Waals surface area contributed by atoms with Gasteiger partial charge in [-0.05, 0) is 70.9 Å². The standard InChI is InChI=1S/C16H17BrClN5.C14H12BrClN4/c1-19-7-4-8-20-15-9-14(11-5-2-3-6-13(11)18)22-16-12(17)10-21-23(15)16;1-2-17-13-7-12(9-5-3-4-6-11(9)16)19-14-10(15)8-18-20(13)14/h2-3,5-6,9-10,19-20H,4,7-8H2,1H3;3-8,17H,2H2,1H3. The first-order valence-electron chi connectivity index (χ1n) is 13.6. The minimum absolute atomic E-state index is 0.682. The Hall–Kier alpha value is -3.22. The number of nitrogens with zero attached hydrogens (tertiary/aromatic N) is 6. The summed E-state index contributed by atoms with van der Waals surface area (Å²) in [5.74, 6) is 1.78. The fourth-order valence-corrected chi connectivity index (χ4v) is 5.56. The highest BCUT2D eigenvalue weighted by Crippen LogP contribution is 2.31. The van der Waals surface area contributed by atoms with Gasteiger partial charge in [0.15, 0.2) is 11.3 Å². The molecule has 0 amide bonds. The number of aromatic nitrogens is 6. The topological polar surface area (TPSA) is 96.5 Å². The highest BCUT2D eigenvalue weighted by atomic mass is 79.9. The molecule has 0 radical (unpaired) electrons. The van der Waals surface area contributed by atoms with Gasteiger partial charge in [-0.15, -0.1) is 0 Å². The van der Waals surface area contributed by atoms with E-state index in [0.717, 1.165) is 80.4 Å². The Morgan fingerprint density at radius 1 is 0.721 bits per heavy atom. The monoisotopic (exact) mass is 743 g/mol. The lowest BCUT2D eigenvalue weighted by atomic mass is 10.1. The van der Waals surface area contributed by atoms with E-state index in [4.69, 9.17) is 23.2 Å². The minimum atomic E-state index is 0.682.